The molecule has 2 rings (SSSR count). The van der Waals surface area contributed by atoms with Crippen LogP contribution in [-0.4, -0.2) is 142 Å². The molecule has 0 amide bonds. The Balaban J connectivity index is 1.78. The smallest absolute Gasteiger partial charge is 0.306 e. The standard InChI is InChI=1S/C53H92O15/c1-3-5-7-9-11-13-15-16-17-18-19-20-21-22-23-24-26-28-30-32-34-36-45(56)66-41(38-63-44(55)35-33-31-29-27-25-14-12-10-8-6-4-2)39-64-52-51(62)49(60)47(58)43(68-52)40-65-53-50(61)48(59)46(57)42(37-54)67-53/h5,7,11,13,16-17,19-20,41-43,46-54,57-62H,3-4,6,8-10,12,14-15,18,21-40H2,1-2H3/b7-5-,13-11-,17-16-,20-19-. The Bertz CT molecular complexity index is 1370. The number of hydrogen-bond acceptors (Lipinski definition) is 15. The van der Waals surface area contributed by atoms with Crippen molar-refractivity contribution in [1.82, 2.24) is 0 Å². The number of hydrogen-bond donors (Lipinski definition) is 7. The second-order valence-electron chi connectivity index (χ2n) is 18.3. The first-order chi connectivity index (χ1) is 33.0. The molecule has 0 bridgehead atoms. The lowest BCUT2D eigenvalue weighted by Gasteiger charge is -2.42. The summed E-state index contributed by atoms with van der Waals surface area (Å²) in [6, 6.07) is 0. The summed E-state index contributed by atoms with van der Waals surface area (Å²) in [6.45, 7) is 2.46. The van der Waals surface area contributed by atoms with Crippen LogP contribution >= 0.6 is 0 Å². The quantitative estimate of drug-likeness (QED) is 0.0179. The fraction of sp³-hybridized carbons (Fsp3) is 0.811. The highest BCUT2D eigenvalue weighted by molar-refractivity contribution is 5.70. The van der Waals surface area contributed by atoms with Crippen molar-refractivity contribution in [2.45, 2.75) is 248 Å². The molecule has 0 aromatic rings. The summed E-state index contributed by atoms with van der Waals surface area (Å²) in [7, 11) is 0. The van der Waals surface area contributed by atoms with Gasteiger partial charge in [-0.2, -0.15) is 0 Å². The van der Waals surface area contributed by atoms with Gasteiger partial charge in [0, 0.05) is 12.8 Å². The molecule has 0 spiro atoms. The van der Waals surface area contributed by atoms with E-state index in [1.807, 2.05) is 0 Å². The third-order valence-electron chi connectivity index (χ3n) is 12.3. The average molecular weight is 969 g/mol. The fourth-order valence-corrected chi connectivity index (χ4v) is 8.03. The predicted octanol–water partition coefficient (Wildman–Crippen LogP) is 7.49. The lowest BCUT2D eigenvalue weighted by molar-refractivity contribution is -0.332. The van der Waals surface area contributed by atoms with Crippen LogP contribution in [0.2, 0.25) is 0 Å². The number of allylic oxidation sites excluding steroid dienone is 8. The first-order valence-electron chi connectivity index (χ1n) is 26.2. The molecule has 11 unspecified atom stereocenters. The highest BCUT2D eigenvalue weighted by Gasteiger charge is 2.47. The van der Waals surface area contributed by atoms with E-state index < -0.39 is 92.7 Å². The van der Waals surface area contributed by atoms with Crippen LogP contribution in [0.1, 0.15) is 181 Å². The molecular formula is C53H92O15. The van der Waals surface area contributed by atoms with Crippen molar-refractivity contribution in [2.24, 2.45) is 0 Å². The molecule has 0 aliphatic carbocycles. The highest BCUT2D eigenvalue weighted by atomic mass is 16.7. The Labute approximate surface area is 408 Å². The van der Waals surface area contributed by atoms with Gasteiger partial charge in [-0.3, -0.25) is 9.59 Å². The number of carbonyl (C=O) groups excluding carboxylic acids is 2. The van der Waals surface area contributed by atoms with Crippen LogP contribution in [0.15, 0.2) is 48.6 Å². The Hall–Kier alpha value is -2.54. The normalized spacial score (nSPS) is 26.1. The Morgan fingerprint density at radius 3 is 1.46 bits per heavy atom. The van der Waals surface area contributed by atoms with Gasteiger partial charge in [0.05, 0.1) is 19.8 Å². The van der Waals surface area contributed by atoms with Gasteiger partial charge < -0.3 is 64.2 Å². The maximum absolute atomic E-state index is 13.0. The van der Waals surface area contributed by atoms with Crippen molar-refractivity contribution in [3.63, 3.8) is 0 Å². The molecular weight excluding hydrogens is 877 g/mol. The first kappa shape index (κ1) is 61.6. The Morgan fingerprint density at radius 1 is 0.485 bits per heavy atom. The van der Waals surface area contributed by atoms with Gasteiger partial charge >= 0.3 is 11.9 Å². The number of esters is 2. The van der Waals surface area contributed by atoms with Crippen molar-refractivity contribution in [1.29, 1.82) is 0 Å². The van der Waals surface area contributed by atoms with E-state index in [0.717, 1.165) is 77.0 Å². The second kappa shape index (κ2) is 40.1. The summed E-state index contributed by atoms with van der Waals surface area (Å²) in [5.41, 5.74) is 0. The average Bonchev–Trinajstić information content (AvgIpc) is 3.33. The van der Waals surface area contributed by atoms with Crippen LogP contribution in [0.4, 0.5) is 0 Å². The van der Waals surface area contributed by atoms with Gasteiger partial charge in [0.1, 0.15) is 55.4 Å². The van der Waals surface area contributed by atoms with Crippen LogP contribution in [0.25, 0.3) is 0 Å². The Kier molecular flexibility index (Phi) is 36.3. The van der Waals surface area contributed by atoms with Crippen molar-refractivity contribution in [3.8, 4) is 0 Å². The summed E-state index contributed by atoms with van der Waals surface area (Å²) < 4.78 is 33.6. The summed E-state index contributed by atoms with van der Waals surface area (Å²) in [5.74, 6) is -0.933. The van der Waals surface area contributed by atoms with E-state index in [-0.39, 0.29) is 26.1 Å². The molecule has 2 heterocycles. The molecule has 2 aliphatic rings. The maximum atomic E-state index is 13.0. The molecule has 394 valence electrons. The minimum Gasteiger partial charge on any atom is -0.462 e. The summed E-state index contributed by atoms with van der Waals surface area (Å²) >= 11 is 0. The molecule has 0 radical (unpaired) electrons. The van der Waals surface area contributed by atoms with Gasteiger partial charge in [-0.25, -0.2) is 0 Å². The molecule has 2 saturated heterocycles. The number of aliphatic hydroxyl groups is 7. The van der Waals surface area contributed by atoms with E-state index in [0.29, 0.717) is 12.8 Å². The van der Waals surface area contributed by atoms with Crippen molar-refractivity contribution >= 4 is 11.9 Å². The minimum absolute atomic E-state index is 0.156. The third-order valence-corrected chi connectivity index (χ3v) is 12.3. The van der Waals surface area contributed by atoms with E-state index in [2.05, 4.69) is 62.5 Å². The number of aliphatic hydroxyl groups excluding tert-OH is 7. The van der Waals surface area contributed by atoms with E-state index in [4.69, 9.17) is 28.4 Å². The SMILES string of the molecule is CC/C=C\C/C=C\C/C=C\C/C=C\CCCCCCCCCCC(=O)OC(COC(=O)CCCCCCCCCCCCC)COC1OC(COC2OC(CO)C(O)C(O)C2O)C(O)C(O)C1O. The minimum atomic E-state index is -1.77. The molecule has 15 nitrogen and oxygen atoms in total. The van der Waals surface area contributed by atoms with E-state index in [1.165, 1.54) is 64.2 Å². The molecule has 2 aliphatic heterocycles. The van der Waals surface area contributed by atoms with Crippen LogP contribution in [-0.2, 0) is 38.0 Å². The lowest BCUT2D eigenvalue weighted by Crippen LogP contribution is -2.61. The molecule has 7 N–H and O–H groups in total. The van der Waals surface area contributed by atoms with Gasteiger partial charge in [0.25, 0.3) is 0 Å². The van der Waals surface area contributed by atoms with E-state index >= 15 is 0 Å². The second-order valence-corrected chi connectivity index (χ2v) is 18.3. The summed E-state index contributed by atoms with van der Waals surface area (Å²) in [6.07, 6.45) is 27.1. The van der Waals surface area contributed by atoms with E-state index in [1.54, 1.807) is 0 Å². The lowest BCUT2D eigenvalue weighted by atomic mass is 9.98. The molecule has 0 aromatic heterocycles. The van der Waals surface area contributed by atoms with Gasteiger partial charge in [-0.15, -0.1) is 0 Å². The van der Waals surface area contributed by atoms with Crippen molar-refractivity contribution < 1.29 is 73.8 Å². The van der Waals surface area contributed by atoms with Crippen molar-refractivity contribution in [3.05, 3.63) is 48.6 Å². The monoisotopic (exact) mass is 969 g/mol. The topological polar surface area (TPSA) is 231 Å². The van der Waals surface area contributed by atoms with E-state index in [9.17, 15) is 45.3 Å². The number of carbonyl (C=O) groups is 2. The molecule has 15 heteroatoms. The zero-order valence-electron chi connectivity index (χ0n) is 41.6. The largest absolute Gasteiger partial charge is 0.462 e. The highest BCUT2D eigenvalue weighted by Crippen LogP contribution is 2.26. The fourth-order valence-electron chi connectivity index (χ4n) is 8.03. The predicted molar refractivity (Wildman–Crippen MR) is 261 cm³/mol. The van der Waals surface area contributed by atoms with Crippen molar-refractivity contribution in [2.75, 3.05) is 26.4 Å². The van der Waals surface area contributed by atoms with Crippen LogP contribution < -0.4 is 0 Å². The molecule has 68 heavy (non-hydrogen) atoms. The van der Waals surface area contributed by atoms with Crippen LogP contribution in [0.3, 0.4) is 0 Å². The van der Waals surface area contributed by atoms with Gasteiger partial charge in [0.15, 0.2) is 18.7 Å². The zero-order chi connectivity index (χ0) is 49.6. The van der Waals surface area contributed by atoms with Crippen LogP contribution in [0, 0.1) is 0 Å². The maximum Gasteiger partial charge on any atom is 0.306 e. The van der Waals surface area contributed by atoms with Crippen LogP contribution in [0.5, 0.6) is 0 Å². The zero-order valence-corrected chi connectivity index (χ0v) is 41.6. The molecule has 0 saturated carbocycles. The molecule has 11 atom stereocenters. The van der Waals surface area contributed by atoms with Gasteiger partial charge in [-0.05, 0) is 51.4 Å². The summed E-state index contributed by atoms with van der Waals surface area (Å²) in [4.78, 5) is 25.7. The number of unbranched alkanes of at least 4 members (excludes halogenated alkanes) is 18. The first-order valence-corrected chi connectivity index (χ1v) is 26.2. The van der Waals surface area contributed by atoms with Gasteiger partial charge in [0.2, 0.25) is 0 Å². The third kappa shape index (κ3) is 27.7. The molecule has 2 fully saturated rings. The number of rotatable bonds is 40. The summed E-state index contributed by atoms with van der Waals surface area (Å²) in [5, 5.41) is 72.1. The number of ether oxygens (including phenoxy) is 6. The Morgan fingerprint density at radius 2 is 0.926 bits per heavy atom. The van der Waals surface area contributed by atoms with Gasteiger partial charge in [-0.1, -0.05) is 165 Å². The molecule has 0 aromatic carbocycles.